The molecule has 2 rings (SSSR count). The fourth-order valence-electron chi connectivity index (χ4n) is 1.81. The van der Waals surface area contributed by atoms with E-state index in [9.17, 15) is 18.3 Å². The number of aliphatic hydroxyl groups excluding tert-OH is 1. The third-order valence-electron chi connectivity index (χ3n) is 2.84. The number of hydrogen-bond donors (Lipinski definition) is 1. The SMILES string of the molecule is CCCOc1cncc(C(O)c2cc(F)c(F)c(F)c2)c1. The van der Waals surface area contributed by atoms with Crippen molar-refractivity contribution in [3.8, 4) is 5.75 Å². The molecule has 112 valence electrons. The topological polar surface area (TPSA) is 42.4 Å². The van der Waals surface area contributed by atoms with Crippen LogP contribution >= 0.6 is 0 Å². The van der Waals surface area contributed by atoms with Crippen LogP contribution in [0.25, 0.3) is 0 Å². The van der Waals surface area contributed by atoms with Gasteiger partial charge in [-0.2, -0.15) is 0 Å². The van der Waals surface area contributed by atoms with Crippen LogP contribution in [0.15, 0.2) is 30.6 Å². The van der Waals surface area contributed by atoms with Crippen LogP contribution in [0.5, 0.6) is 5.75 Å². The van der Waals surface area contributed by atoms with Gasteiger partial charge in [0.15, 0.2) is 17.5 Å². The van der Waals surface area contributed by atoms with E-state index in [1.807, 2.05) is 6.92 Å². The number of nitrogens with zero attached hydrogens (tertiary/aromatic N) is 1. The van der Waals surface area contributed by atoms with Gasteiger partial charge in [-0.15, -0.1) is 0 Å². The zero-order valence-corrected chi connectivity index (χ0v) is 11.3. The fourth-order valence-corrected chi connectivity index (χ4v) is 1.81. The quantitative estimate of drug-likeness (QED) is 0.860. The van der Waals surface area contributed by atoms with Gasteiger partial charge in [0, 0.05) is 11.8 Å². The number of aromatic nitrogens is 1. The average Bonchev–Trinajstić information content (AvgIpc) is 2.49. The lowest BCUT2D eigenvalue weighted by Crippen LogP contribution is -2.04. The van der Waals surface area contributed by atoms with Crippen molar-refractivity contribution >= 4 is 0 Å². The van der Waals surface area contributed by atoms with Gasteiger partial charge < -0.3 is 9.84 Å². The van der Waals surface area contributed by atoms with E-state index in [4.69, 9.17) is 4.74 Å². The van der Waals surface area contributed by atoms with Crippen molar-refractivity contribution in [3.63, 3.8) is 0 Å². The predicted octanol–water partition coefficient (Wildman–Crippen LogP) is 3.37. The molecule has 0 spiro atoms. The van der Waals surface area contributed by atoms with E-state index in [0.29, 0.717) is 17.9 Å². The van der Waals surface area contributed by atoms with E-state index in [1.165, 1.54) is 18.5 Å². The molecule has 1 aromatic carbocycles. The second kappa shape index (κ2) is 6.58. The third-order valence-corrected chi connectivity index (χ3v) is 2.84. The first kappa shape index (κ1) is 15.3. The summed E-state index contributed by atoms with van der Waals surface area (Å²) in [6, 6.07) is 3.03. The molecule has 0 saturated carbocycles. The molecule has 3 nitrogen and oxygen atoms in total. The number of hydrogen-bond acceptors (Lipinski definition) is 3. The van der Waals surface area contributed by atoms with Crippen molar-refractivity contribution in [2.45, 2.75) is 19.4 Å². The van der Waals surface area contributed by atoms with Crippen LogP contribution in [0.3, 0.4) is 0 Å². The monoisotopic (exact) mass is 297 g/mol. The molecule has 1 aromatic heterocycles. The van der Waals surface area contributed by atoms with Gasteiger partial charge in [-0.25, -0.2) is 13.2 Å². The first-order valence-electron chi connectivity index (χ1n) is 6.43. The maximum absolute atomic E-state index is 13.2. The molecule has 0 fully saturated rings. The Kier molecular flexibility index (Phi) is 4.80. The van der Waals surface area contributed by atoms with Crippen molar-refractivity contribution in [2.75, 3.05) is 6.61 Å². The number of ether oxygens (including phenoxy) is 1. The highest BCUT2D eigenvalue weighted by Gasteiger charge is 2.17. The molecule has 21 heavy (non-hydrogen) atoms. The molecular weight excluding hydrogens is 283 g/mol. The van der Waals surface area contributed by atoms with E-state index in [1.54, 1.807) is 0 Å². The Balaban J connectivity index is 2.29. The minimum atomic E-state index is -1.57. The molecule has 0 aliphatic carbocycles. The molecule has 1 atom stereocenters. The summed E-state index contributed by atoms with van der Waals surface area (Å²) in [5.74, 6) is -3.83. The van der Waals surface area contributed by atoms with Crippen molar-refractivity contribution in [1.29, 1.82) is 0 Å². The average molecular weight is 297 g/mol. The van der Waals surface area contributed by atoms with E-state index in [2.05, 4.69) is 4.98 Å². The van der Waals surface area contributed by atoms with Crippen molar-refractivity contribution in [3.05, 3.63) is 59.2 Å². The van der Waals surface area contributed by atoms with Gasteiger partial charge in [0.05, 0.1) is 12.8 Å². The second-order valence-electron chi connectivity index (χ2n) is 4.50. The number of aliphatic hydroxyl groups is 1. The summed E-state index contributed by atoms with van der Waals surface area (Å²) in [4.78, 5) is 3.90. The Bertz CT molecular complexity index is 611. The molecule has 6 heteroatoms. The van der Waals surface area contributed by atoms with E-state index < -0.39 is 23.6 Å². The molecule has 2 aromatic rings. The van der Waals surface area contributed by atoms with Crippen LogP contribution in [-0.4, -0.2) is 16.7 Å². The molecule has 0 aliphatic rings. The standard InChI is InChI=1S/C15H14F3NO2/c1-2-3-21-11-4-10(7-19-8-11)15(20)9-5-12(16)14(18)13(17)6-9/h4-8,15,20H,2-3H2,1H3. The normalized spacial score (nSPS) is 12.2. The van der Waals surface area contributed by atoms with E-state index in [0.717, 1.165) is 18.6 Å². The van der Waals surface area contributed by atoms with Crippen molar-refractivity contribution < 1.29 is 23.0 Å². The summed E-state index contributed by atoms with van der Waals surface area (Å²) in [6.07, 6.45) is 2.30. The predicted molar refractivity (Wildman–Crippen MR) is 70.4 cm³/mol. The largest absolute Gasteiger partial charge is 0.492 e. The molecule has 1 heterocycles. The lowest BCUT2D eigenvalue weighted by Gasteiger charge is -2.13. The minimum Gasteiger partial charge on any atom is -0.492 e. The van der Waals surface area contributed by atoms with Gasteiger partial charge >= 0.3 is 0 Å². The Labute approximate surface area is 120 Å². The highest BCUT2D eigenvalue weighted by atomic mass is 19.2. The summed E-state index contributed by atoms with van der Waals surface area (Å²) in [6.45, 7) is 2.43. The highest BCUT2D eigenvalue weighted by Crippen LogP contribution is 2.26. The van der Waals surface area contributed by atoms with E-state index in [-0.39, 0.29) is 5.56 Å². The maximum Gasteiger partial charge on any atom is 0.194 e. The molecule has 0 amide bonds. The summed E-state index contributed by atoms with van der Waals surface area (Å²) in [7, 11) is 0. The Morgan fingerprint density at radius 3 is 2.38 bits per heavy atom. The first-order chi connectivity index (χ1) is 10.0. The van der Waals surface area contributed by atoms with Gasteiger partial charge in [-0.05, 0) is 30.2 Å². The van der Waals surface area contributed by atoms with Crippen LogP contribution in [0.1, 0.15) is 30.6 Å². The number of pyridine rings is 1. The number of rotatable bonds is 5. The zero-order valence-electron chi connectivity index (χ0n) is 11.3. The number of benzene rings is 1. The Morgan fingerprint density at radius 2 is 1.76 bits per heavy atom. The molecule has 0 aliphatic heterocycles. The molecule has 0 radical (unpaired) electrons. The number of halogens is 3. The Morgan fingerprint density at radius 1 is 1.10 bits per heavy atom. The van der Waals surface area contributed by atoms with Gasteiger partial charge in [0.25, 0.3) is 0 Å². The van der Waals surface area contributed by atoms with Gasteiger partial charge in [0.2, 0.25) is 0 Å². The summed E-state index contributed by atoms with van der Waals surface area (Å²) in [5, 5.41) is 10.1. The molecule has 0 saturated heterocycles. The van der Waals surface area contributed by atoms with Gasteiger partial charge in [0.1, 0.15) is 11.9 Å². The van der Waals surface area contributed by atoms with Crippen LogP contribution < -0.4 is 4.74 Å². The van der Waals surface area contributed by atoms with E-state index >= 15 is 0 Å². The lowest BCUT2D eigenvalue weighted by atomic mass is 10.0. The molecule has 0 bridgehead atoms. The fraction of sp³-hybridized carbons (Fsp3) is 0.267. The zero-order chi connectivity index (χ0) is 15.4. The summed E-state index contributed by atoms with van der Waals surface area (Å²) < 4.78 is 44.7. The van der Waals surface area contributed by atoms with Crippen molar-refractivity contribution in [2.24, 2.45) is 0 Å². The summed E-state index contributed by atoms with van der Waals surface area (Å²) >= 11 is 0. The third kappa shape index (κ3) is 3.52. The van der Waals surface area contributed by atoms with Crippen LogP contribution in [0.4, 0.5) is 13.2 Å². The van der Waals surface area contributed by atoms with Crippen LogP contribution in [0.2, 0.25) is 0 Å². The Hall–Kier alpha value is -2.08. The van der Waals surface area contributed by atoms with Gasteiger partial charge in [-0.3, -0.25) is 4.98 Å². The maximum atomic E-state index is 13.2. The van der Waals surface area contributed by atoms with Gasteiger partial charge in [-0.1, -0.05) is 6.92 Å². The minimum absolute atomic E-state index is 0.0964. The molecular formula is C15H14F3NO2. The highest BCUT2D eigenvalue weighted by molar-refractivity contribution is 5.33. The molecule has 1 N–H and O–H groups in total. The van der Waals surface area contributed by atoms with Crippen molar-refractivity contribution in [1.82, 2.24) is 4.98 Å². The smallest absolute Gasteiger partial charge is 0.194 e. The van der Waals surface area contributed by atoms with Crippen LogP contribution in [-0.2, 0) is 0 Å². The first-order valence-corrected chi connectivity index (χ1v) is 6.43. The summed E-state index contributed by atoms with van der Waals surface area (Å²) in [5.41, 5.74) is 0.204. The second-order valence-corrected chi connectivity index (χ2v) is 4.50. The molecule has 1 unspecified atom stereocenters. The lowest BCUT2D eigenvalue weighted by molar-refractivity contribution is 0.217. The van der Waals surface area contributed by atoms with Crippen LogP contribution in [0, 0.1) is 17.5 Å².